The standard InChI is InChI=1S/C23H24N2O3/c1-16-3-7-19(8-4-16)22-21(14-24-28-22)23(26)25-12-11-18(15-25)13-17-5-9-20(27-2)10-6-17/h3-10,14,18H,11-13,15H2,1-2H3. The Morgan fingerprint density at radius 1 is 1.18 bits per heavy atom. The van der Waals surface area contributed by atoms with Gasteiger partial charge < -0.3 is 14.2 Å². The number of amides is 1. The zero-order valence-corrected chi connectivity index (χ0v) is 16.2. The zero-order chi connectivity index (χ0) is 19.5. The van der Waals surface area contributed by atoms with Crippen LogP contribution in [0.1, 0.15) is 27.9 Å². The maximum atomic E-state index is 13.1. The minimum atomic E-state index is -0.00550. The molecule has 0 N–H and O–H groups in total. The lowest BCUT2D eigenvalue weighted by atomic mass is 9.99. The maximum absolute atomic E-state index is 13.1. The highest BCUT2D eigenvalue weighted by atomic mass is 16.5. The fourth-order valence-corrected chi connectivity index (χ4v) is 3.75. The van der Waals surface area contributed by atoms with Crippen LogP contribution in [-0.4, -0.2) is 36.2 Å². The number of hydrogen-bond acceptors (Lipinski definition) is 4. The third-order valence-electron chi connectivity index (χ3n) is 5.37. The highest BCUT2D eigenvalue weighted by molar-refractivity contribution is 5.99. The summed E-state index contributed by atoms with van der Waals surface area (Å²) in [7, 11) is 1.67. The molecule has 28 heavy (non-hydrogen) atoms. The number of benzene rings is 2. The summed E-state index contributed by atoms with van der Waals surface area (Å²) < 4.78 is 10.6. The van der Waals surface area contributed by atoms with Gasteiger partial charge in [-0.3, -0.25) is 4.79 Å². The van der Waals surface area contributed by atoms with E-state index < -0.39 is 0 Å². The lowest BCUT2D eigenvalue weighted by Gasteiger charge is -2.16. The maximum Gasteiger partial charge on any atom is 0.259 e. The average molecular weight is 376 g/mol. The van der Waals surface area contributed by atoms with Crippen LogP contribution in [0.15, 0.2) is 59.3 Å². The van der Waals surface area contributed by atoms with Crippen LogP contribution >= 0.6 is 0 Å². The van der Waals surface area contributed by atoms with Gasteiger partial charge in [0.2, 0.25) is 0 Å². The first-order valence-corrected chi connectivity index (χ1v) is 9.58. The van der Waals surface area contributed by atoms with Crippen molar-refractivity contribution in [2.24, 2.45) is 5.92 Å². The summed E-state index contributed by atoms with van der Waals surface area (Å²) in [5.74, 6) is 1.86. The van der Waals surface area contributed by atoms with E-state index in [9.17, 15) is 4.79 Å². The second-order valence-electron chi connectivity index (χ2n) is 7.39. The molecule has 144 valence electrons. The van der Waals surface area contributed by atoms with Gasteiger partial charge in [0.15, 0.2) is 5.76 Å². The van der Waals surface area contributed by atoms with Gasteiger partial charge in [0.05, 0.1) is 13.3 Å². The molecule has 0 spiro atoms. The molecule has 2 aromatic carbocycles. The fraction of sp³-hybridized carbons (Fsp3) is 0.304. The third kappa shape index (κ3) is 3.79. The quantitative estimate of drug-likeness (QED) is 0.664. The molecule has 1 atom stereocenters. The largest absolute Gasteiger partial charge is 0.497 e. The van der Waals surface area contributed by atoms with Gasteiger partial charge in [0.25, 0.3) is 5.91 Å². The number of likely N-dealkylation sites (tertiary alicyclic amines) is 1. The second-order valence-corrected chi connectivity index (χ2v) is 7.39. The first-order chi connectivity index (χ1) is 13.6. The molecular weight excluding hydrogens is 352 g/mol. The number of ether oxygens (including phenoxy) is 1. The number of methoxy groups -OCH3 is 1. The van der Waals surface area contributed by atoms with Gasteiger partial charge in [-0.2, -0.15) is 0 Å². The van der Waals surface area contributed by atoms with E-state index in [2.05, 4.69) is 17.3 Å². The number of carbonyl (C=O) groups is 1. The molecule has 1 aliphatic heterocycles. The molecule has 1 saturated heterocycles. The van der Waals surface area contributed by atoms with Crippen molar-refractivity contribution in [3.63, 3.8) is 0 Å². The van der Waals surface area contributed by atoms with Gasteiger partial charge >= 0.3 is 0 Å². The smallest absolute Gasteiger partial charge is 0.259 e. The summed E-state index contributed by atoms with van der Waals surface area (Å²) in [6.07, 6.45) is 3.50. The van der Waals surface area contributed by atoms with Crippen molar-refractivity contribution in [1.29, 1.82) is 0 Å². The average Bonchev–Trinajstić information content (AvgIpc) is 3.38. The molecule has 1 unspecified atom stereocenters. The van der Waals surface area contributed by atoms with Crippen molar-refractivity contribution < 1.29 is 14.1 Å². The molecule has 5 heteroatoms. The lowest BCUT2D eigenvalue weighted by Crippen LogP contribution is -2.29. The zero-order valence-electron chi connectivity index (χ0n) is 16.2. The van der Waals surface area contributed by atoms with E-state index >= 15 is 0 Å². The molecule has 5 nitrogen and oxygen atoms in total. The number of nitrogens with zero attached hydrogens (tertiary/aromatic N) is 2. The van der Waals surface area contributed by atoms with Crippen LogP contribution in [0, 0.1) is 12.8 Å². The fourth-order valence-electron chi connectivity index (χ4n) is 3.75. The van der Waals surface area contributed by atoms with E-state index in [-0.39, 0.29) is 5.91 Å². The molecule has 0 aliphatic carbocycles. The number of rotatable bonds is 5. The first-order valence-electron chi connectivity index (χ1n) is 9.58. The Hall–Kier alpha value is -3.08. The summed E-state index contributed by atoms with van der Waals surface area (Å²) in [6.45, 7) is 3.55. The predicted molar refractivity (Wildman–Crippen MR) is 107 cm³/mol. The van der Waals surface area contributed by atoms with E-state index in [1.54, 1.807) is 7.11 Å². The van der Waals surface area contributed by atoms with Crippen LogP contribution in [-0.2, 0) is 6.42 Å². The molecular formula is C23H24N2O3. The van der Waals surface area contributed by atoms with Gasteiger partial charge in [0, 0.05) is 18.7 Å². The van der Waals surface area contributed by atoms with Gasteiger partial charge in [-0.1, -0.05) is 47.1 Å². The first kappa shape index (κ1) is 18.3. The normalized spacial score (nSPS) is 16.4. The van der Waals surface area contributed by atoms with E-state index in [1.807, 2.05) is 48.2 Å². The molecule has 1 fully saturated rings. The van der Waals surface area contributed by atoms with Gasteiger partial charge in [-0.25, -0.2) is 0 Å². The summed E-state index contributed by atoms with van der Waals surface area (Å²) in [4.78, 5) is 15.0. The van der Waals surface area contributed by atoms with E-state index in [1.165, 1.54) is 11.8 Å². The minimum absolute atomic E-state index is 0.00550. The van der Waals surface area contributed by atoms with Crippen LogP contribution in [0.5, 0.6) is 5.75 Å². The molecule has 1 aliphatic rings. The summed E-state index contributed by atoms with van der Waals surface area (Å²) >= 11 is 0. The summed E-state index contributed by atoms with van der Waals surface area (Å²) in [5, 5.41) is 3.88. The molecule has 4 rings (SSSR count). The third-order valence-corrected chi connectivity index (χ3v) is 5.37. The van der Waals surface area contributed by atoms with Crippen LogP contribution in [0.2, 0.25) is 0 Å². The Labute approximate surface area is 164 Å². The molecule has 0 saturated carbocycles. The van der Waals surface area contributed by atoms with Crippen LogP contribution in [0.25, 0.3) is 11.3 Å². The monoisotopic (exact) mass is 376 g/mol. The summed E-state index contributed by atoms with van der Waals surface area (Å²) in [6, 6.07) is 16.1. The van der Waals surface area contributed by atoms with Gasteiger partial charge in [-0.15, -0.1) is 0 Å². The Balaban J connectivity index is 1.44. The SMILES string of the molecule is COc1ccc(CC2CCN(C(=O)c3cnoc3-c3ccc(C)cc3)C2)cc1. The van der Waals surface area contributed by atoms with Gasteiger partial charge in [-0.05, 0) is 43.4 Å². The number of aromatic nitrogens is 1. The topological polar surface area (TPSA) is 55.6 Å². The van der Waals surface area contributed by atoms with E-state index in [0.717, 1.165) is 42.8 Å². The minimum Gasteiger partial charge on any atom is -0.497 e. The van der Waals surface area contributed by atoms with Crippen LogP contribution in [0.3, 0.4) is 0 Å². The lowest BCUT2D eigenvalue weighted by molar-refractivity contribution is 0.0787. The Bertz CT molecular complexity index is 945. The van der Waals surface area contributed by atoms with Crippen molar-refractivity contribution in [2.75, 3.05) is 20.2 Å². The number of carbonyl (C=O) groups excluding carboxylic acids is 1. The van der Waals surface area contributed by atoms with Crippen molar-refractivity contribution >= 4 is 5.91 Å². The van der Waals surface area contributed by atoms with Crippen molar-refractivity contribution in [1.82, 2.24) is 10.1 Å². The number of aryl methyl sites for hydroxylation is 1. The Morgan fingerprint density at radius 2 is 1.93 bits per heavy atom. The number of hydrogen-bond donors (Lipinski definition) is 0. The molecule has 2 heterocycles. The van der Waals surface area contributed by atoms with Crippen LogP contribution < -0.4 is 4.74 Å². The highest BCUT2D eigenvalue weighted by Gasteiger charge is 2.30. The van der Waals surface area contributed by atoms with Crippen molar-refractivity contribution in [3.05, 3.63) is 71.4 Å². The van der Waals surface area contributed by atoms with E-state index in [0.29, 0.717) is 17.2 Å². The van der Waals surface area contributed by atoms with E-state index in [4.69, 9.17) is 9.26 Å². The molecule has 1 aromatic heterocycles. The Morgan fingerprint density at radius 3 is 2.64 bits per heavy atom. The van der Waals surface area contributed by atoms with Crippen molar-refractivity contribution in [2.45, 2.75) is 19.8 Å². The van der Waals surface area contributed by atoms with Gasteiger partial charge in [0.1, 0.15) is 11.3 Å². The molecule has 3 aromatic rings. The summed E-state index contributed by atoms with van der Waals surface area (Å²) in [5.41, 5.74) is 3.84. The van der Waals surface area contributed by atoms with Crippen LogP contribution in [0.4, 0.5) is 0 Å². The second kappa shape index (κ2) is 7.89. The Kier molecular flexibility index (Phi) is 5.15. The molecule has 0 radical (unpaired) electrons. The highest BCUT2D eigenvalue weighted by Crippen LogP contribution is 2.28. The molecule has 0 bridgehead atoms. The predicted octanol–water partition coefficient (Wildman–Crippen LogP) is 4.36. The molecule has 1 amide bonds. The van der Waals surface area contributed by atoms with Crippen molar-refractivity contribution in [3.8, 4) is 17.1 Å².